The van der Waals surface area contributed by atoms with E-state index in [4.69, 9.17) is 11.6 Å². The fourth-order valence-corrected chi connectivity index (χ4v) is 3.30. The topological polar surface area (TPSA) is 33.1 Å². The molecule has 0 amide bonds. The molecule has 22 heavy (non-hydrogen) atoms. The molecule has 0 radical (unpaired) electrons. The number of nitrogens with zero attached hydrogens (tertiary/aromatic N) is 3. The first-order valence-electron chi connectivity index (χ1n) is 7.87. The Morgan fingerprint density at radius 2 is 2.27 bits per heavy atom. The van der Waals surface area contributed by atoms with Gasteiger partial charge in [-0.2, -0.15) is 0 Å². The molecule has 1 fully saturated rings. The summed E-state index contributed by atoms with van der Waals surface area (Å²) >= 11 is 6.17. The maximum Gasteiger partial charge on any atom is 0.123 e. The van der Waals surface area contributed by atoms with Gasteiger partial charge in [-0.15, -0.1) is 0 Å². The molecule has 4 nitrogen and oxygen atoms in total. The molecule has 1 aromatic carbocycles. The van der Waals surface area contributed by atoms with E-state index in [0.29, 0.717) is 12.1 Å². The third-order valence-corrected chi connectivity index (χ3v) is 4.47. The number of halogens is 1. The summed E-state index contributed by atoms with van der Waals surface area (Å²) in [7, 11) is 0. The first kappa shape index (κ1) is 15.5. The second kappa shape index (κ2) is 6.82. The first-order chi connectivity index (χ1) is 10.6. The zero-order valence-corrected chi connectivity index (χ0v) is 13.9. The molecule has 1 aliphatic heterocycles. The summed E-state index contributed by atoms with van der Waals surface area (Å²) < 4.78 is 2.25. The van der Waals surface area contributed by atoms with Crippen molar-refractivity contribution in [3.8, 4) is 0 Å². The van der Waals surface area contributed by atoms with E-state index in [1.165, 1.54) is 5.56 Å². The second-order valence-corrected chi connectivity index (χ2v) is 6.53. The van der Waals surface area contributed by atoms with E-state index in [-0.39, 0.29) is 0 Å². The Morgan fingerprint density at radius 1 is 1.41 bits per heavy atom. The maximum absolute atomic E-state index is 6.17. The van der Waals surface area contributed by atoms with E-state index in [1.807, 2.05) is 18.3 Å². The van der Waals surface area contributed by atoms with Crippen molar-refractivity contribution in [1.82, 2.24) is 19.8 Å². The molecule has 2 heterocycles. The summed E-state index contributed by atoms with van der Waals surface area (Å²) in [6, 6.07) is 8.96. The summed E-state index contributed by atoms with van der Waals surface area (Å²) in [5, 5.41) is 4.29. The Hall–Kier alpha value is -1.36. The minimum atomic E-state index is 0.338. The van der Waals surface area contributed by atoms with E-state index in [0.717, 1.165) is 37.0 Å². The van der Waals surface area contributed by atoms with Gasteiger partial charge in [0.25, 0.3) is 0 Å². The highest BCUT2D eigenvalue weighted by Gasteiger charge is 2.25. The number of rotatable bonds is 4. The van der Waals surface area contributed by atoms with Crippen LogP contribution in [-0.2, 0) is 6.54 Å². The number of piperazine rings is 1. The lowest BCUT2D eigenvalue weighted by Crippen LogP contribution is -2.45. The monoisotopic (exact) mass is 318 g/mol. The third kappa shape index (κ3) is 3.35. The van der Waals surface area contributed by atoms with Crippen molar-refractivity contribution in [2.45, 2.75) is 32.5 Å². The van der Waals surface area contributed by atoms with Gasteiger partial charge in [0, 0.05) is 49.1 Å². The van der Waals surface area contributed by atoms with Crippen LogP contribution in [0.15, 0.2) is 36.7 Å². The SMILES string of the molecule is CC(C)n1ccnc1CN1CCNCC1c1cccc(Cl)c1. The van der Waals surface area contributed by atoms with Gasteiger partial charge >= 0.3 is 0 Å². The lowest BCUT2D eigenvalue weighted by Gasteiger charge is -2.36. The fraction of sp³-hybridized carbons (Fsp3) is 0.471. The van der Waals surface area contributed by atoms with Crippen molar-refractivity contribution in [3.63, 3.8) is 0 Å². The van der Waals surface area contributed by atoms with Crippen molar-refractivity contribution < 1.29 is 0 Å². The molecule has 2 aromatic rings. The predicted octanol–water partition coefficient (Wildman–Crippen LogP) is 3.26. The average molecular weight is 319 g/mol. The Morgan fingerprint density at radius 3 is 3.05 bits per heavy atom. The molecule has 1 aliphatic rings. The van der Waals surface area contributed by atoms with Gasteiger partial charge in [0.05, 0.1) is 6.54 Å². The van der Waals surface area contributed by atoms with Crippen molar-refractivity contribution in [2.75, 3.05) is 19.6 Å². The van der Waals surface area contributed by atoms with Gasteiger partial charge in [0.1, 0.15) is 5.82 Å². The van der Waals surface area contributed by atoms with Gasteiger partial charge in [-0.1, -0.05) is 23.7 Å². The Bertz CT molecular complexity index is 623. The number of benzene rings is 1. The van der Waals surface area contributed by atoms with Crippen molar-refractivity contribution in [2.24, 2.45) is 0 Å². The van der Waals surface area contributed by atoms with E-state index in [9.17, 15) is 0 Å². The van der Waals surface area contributed by atoms with Crippen molar-refractivity contribution in [1.29, 1.82) is 0 Å². The summed E-state index contributed by atoms with van der Waals surface area (Å²) in [4.78, 5) is 7.04. The molecule has 1 N–H and O–H groups in total. The Kier molecular flexibility index (Phi) is 4.81. The van der Waals surface area contributed by atoms with Crippen LogP contribution in [0.1, 0.15) is 37.3 Å². The molecular formula is C17H23ClN4. The number of hydrogen-bond acceptors (Lipinski definition) is 3. The molecule has 0 aliphatic carbocycles. The average Bonchev–Trinajstić information content (AvgIpc) is 2.96. The van der Waals surface area contributed by atoms with Crippen molar-refractivity contribution >= 4 is 11.6 Å². The van der Waals surface area contributed by atoms with Gasteiger partial charge in [-0.25, -0.2) is 4.98 Å². The number of aromatic nitrogens is 2. The van der Waals surface area contributed by atoms with Crippen LogP contribution in [-0.4, -0.2) is 34.1 Å². The Balaban J connectivity index is 1.82. The summed E-state index contributed by atoms with van der Waals surface area (Å²) in [6.45, 7) is 8.23. The zero-order chi connectivity index (χ0) is 15.5. The summed E-state index contributed by atoms with van der Waals surface area (Å²) in [5.74, 6) is 1.13. The second-order valence-electron chi connectivity index (χ2n) is 6.09. The van der Waals surface area contributed by atoms with E-state index in [2.05, 4.69) is 51.9 Å². The molecule has 1 saturated heterocycles. The van der Waals surface area contributed by atoms with E-state index in [1.54, 1.807) is 0 Å². The van der Waals surface area contributed by atoms with Gasteiger partial charge in [0.2, 0.25) is 0 Å². The lowest BCUT2D eigenvalue weighted by atomic mass is 10.0. The van der Waals surface area contributed by atoms with Gasteiger partial charge < -0.3 is 9.88 Å². The van der Waals surface area contributed by atoms with Crippen LogP contribution in [0.4, 0.5) is 0 Å². The molecule has 1 aromatic heterocycles. The molecular weight excluding hydrogens is 296 g/mol. The third-order valence-electron chi connectivity index (χ3n) is 4.24. The largest absolute Gasteiger partial charge is 0.331 e. The van der Waals surface area contributed by atoms with E-state index >= 15 is 0 Å². The normalized spacial score (nSPS) is 19.7. The van der Waals surface area contributed by atoms with Crippen LogP contribution >= 0.6 is 11.6 Å². The standard InChI is InChI=1S/C17H23ClN4/c1-13(2)22-9-7-20-17(22)12-21-8-6-19-11-16(21)14-4-3-5-15(18)10-14/h3-5,7,9-10,13,16,19H,6,8,11-12H2,1-2H3. The highest BCUT2D eigenvalue weighted by atomic mass is 35.5. The van der Waals surface area contributed by atoms with Gasteiger partial charge in [0.15, 0.2) is 0 Å². The highest BCUT2D eigenvalue weighted by Crippen LogP contribution is 2.26. The lowest BCUT2D eigenvalue weighted by molar-refractivity contribution is 0.147. The highest BCUT2D eigenvalue weighted by molar-refractivity contribution is 6.30. The fourth-order valence-electron chi connectivity index (χ4n) is 3.10. The maximum atomic E-state index is 6.17. The molecule has 1 atom stereocenters. The molecule has 0 spiro atoms. The minimum absolute atomic E-state index is 0.338. The van der Waals surface area contributed by atoms with Crippen LogP contribution in [0.25, 0.3) is 0 Å². The number of imidazole rings is 1. The number of nitrogens with one attached hydrogen (secondary N) is 1. The first-order valence-corrected chi connectivity index (χ1v) is 8.25. The minimum Gasteiger partial charge on any atom is -0.331 e. The summed E-state index contributed by atoms with van der Waals surface area (Å²) in [6.07, 6.45) is 3.96. The molecule has 0 saturated carbocycles. The molecule has 118 valence electrons. The molecule has 0 bridgehead atoms. The molecule has 1 unspecified atom stereocenters. The predicted molar refractivity (Wildman–Crippen MR) is 90.1 cm³/mol. The number of hydrogen-bond donors (Lipinski definition) is 1. The smallest absolute Gasteiger partial charge is 0.123 e. The van der Waals surface area contributed by atoms with Crippen LogP contribution in [0.2, 0.25) is 5.02 Å². The quantitative estimate of drug-likeness (QED) is 0.939. The van der Waals surface area contributed by atoms with E-state index < -0.39 is 0 Å². The van der Waals surface area contributed by atoms with Crippen LogP contribution in [0.3, 0.4) is 0 Å². The van der Waals surface area contributed by atoms with Gasteiger partial charge in [-0.3, -0.25) is 4.90 Å². The van der Waals surface area contributed by atoms with Crippen LogP contribution < -0.4 is 5.32 Å². The van der Waals surface area contributed by atoms with Crippen molar-refractivity contribution in [3.05, 3.63) is 53.1 Å². The molecule has 5 heteroatoms. The Labute approximate surface area is 137 Å². The van der Waals surface area contributed by atoms with Crippen LogP contribution in [0, 0.1) is 0 Å². The zero-order valence-electron chi connectivity index (χ0n) is 13.2. The van der Waals surface area contributed by atoms with Crippen LogP contribution in [0.5, 0.6) is 0 Å². The molecule has 3 rings (SSSR count). The summed E-state index contributed by atoms with van der Waals surface area (Å²) in [5.41, 5.74) is 1.27. The van der Waals surface area contributed by atoms with Gasteiger partial charge in [-0.05, 0) is 31.5 Å².